The Morgan fingerprint density at radius 1 is 1.60 bits per heavy atom. The number of rotatable bonds is 4. The first-order valence-electron chi connectivity index (χ1n) is 5.31. The first kappa shape index (κ1) is 10.9. The van der Waals surface area contributed by atoms with Crippen molar-refractivity contribution in [1.82, 2.24) is 9.47 Å². The summed E-state index contributed by atoms with van der Waals surface area (Å²) in [5, 5.41) is 1.92. The summed E-state index contributed by atoms with van der Waals surface area (Å²) in [6.45, 7) is 5.58. The van der Waals surface area contributed by atoms with Gasteiger partial charge in [0.2, 0.25) is 0 Å². The molecule has 0 amide bonds. The molecule has 0 bridgehead atoms. The van der Waals surface area contributed by atoms with Gasteiger partial charge in [-0.3, -0.25) is 9.69 Å². The molecule has 0 aromatic carbocycles. The first-order valence-corrected chi connectivity index (χ1v) is 6.19. The second kappa shape index (κ2) is 4.47. The Kier molecular flexibility index (Phi) is 3.23. The fourth-order valence-electron chi connectivity index (χ4n) is 1.96. The molecule has 1 unspecified atom stereocenters. The lowest BCUT2D eigenvalue weighted by atomic mass is 10.0. The Morgan fingerprint density at radius 3 is 2.87 bits per heavy atom. The number of aryl methyl sites for hydroxylation is 1. The highest BCUT2D eigenvalue weighted by Crippen LogP contribution is 2.15. The predicted molar refractivity (Wildman–Crippen MR) is 62.3 cm³/mol. The van der Waals surface area contributed by atoms with Crippen LogP contribution in [0.3, 0.4) is 0 Å². The van der Waals surface area contributed by atoms with Gasteiger partial charge in [0, 0.05) is 43.3 Å². The topological polar surface area (TPSA) is 51.3 Å². The molecule has 2 rings (SSSR count). The second-order valence-electron chi connectivity index (χ2n) is 4.01. The van der Waals surface area contributed by atoms with Gasteiger partial charge in [-0.2, -0.15) is 0 Å². The third kappa shape index (κ3) is 2.14. The number of thiazole rings is 1. The van der Waals surface area contributed by atoms with E-state index in [2.05, 4.69) is 4.90 Å². The highest BCUT2D eigenvalue weighted by atomic mass is 32.1. The first-order chi connectivity index (χ1) is 7.22. The lowest BCUT2D eigenvalue weighted by Gasteiger charge is -2.40. The van der Waals surface area contributed by atoms with Crippen LogP contribution in [0.5, 0.6) is 0 Å². The fourth-order valence-corrected chi connectivity index (χ4v) is 2.72. The average molecular weight is 227 g/mol. The van der Waals surface area contributed by atoms with Crippen LogP contribution in [0.25, 0.3) is 0 Å². The van der Waals surface area contributed by atoms with Crippen molar-refractivity contribution in [1.29, 1.82) is 0 Å². The summed E-state index contributed by atoms with van der Waals surface area (Å²) >= 11 is 1.28. The van der Waals surface area contributed by atoms with E-state index in [0.717, 1.165) is 31.9 Å². The molecule has 84 valence electrons. The van der Waals surface area contributed by atoms with Crippen molar-refractivity contribution in [2.75, 3.05) is 19.6 Å². The standard InChI is InChI=1S/C10H17N3OS/c1-8-7-15-10(14)13(8)5-4-12-3-2-9(12)6-11/h7,9H,2-6,11H2,1H3. The molecule has 1 aromatic heterocycles. The van der Waals surface area contributed by atoms with Crippen LogP contribution >= 0.6 is 11.3 Å². The van der Waals surface area contributed by atoms with E-state index < -0.39 is 0 Å². The molecule has 15 heavy (non-hydrogen) atoms. The smallest absolute Gasteiger partial charge is 0.307 e. The van der Waals surface area contributed by atoms with Gasteiger partial charge in [-0.15, -0.1) is 0 Å². The molecule has 2 N–H and O–H groups in total. The van der Waals surface area contributed by atoms with Gasteiger partial charge in [-0.25, -0.2) is 0 Å². The molecular weight excluding hydrogens is 210 g/mol. The quantitative estimate of drug-likeness (QED) is 0.802. The maximum absolute atomic E-state index is 11.4. The van der Waals surface area contributed by atoms with E-state index in [1.54, 1.807) is 0 Å². The van der Waals surface area contributed by atoms with Crippen LogP contribution in [0.2, 0.25) is 0 Å². The molecule has 1 saturated heterocycles. The minimum atomic E-state index is 0.150. The van der Waals surface area contributed by atoms with Crippen molar-refractivity contribution < 1.29 is 0 Å². The zero-order chi connectivity index (χ0) is 10.8. The highest BCUT2D eigenvalue weighted by molar-refractivity contribution is 7.07. The Labute approximate surface area is 93.3 Å². The summed E-state index contributed by atoms with van der Waals surface area (Å²) < 4.78 is 1.84. The van der Waals surface area contributed by atoms with Crippen molar-refractivity contribution in [3.63, 3.8) is 0 Å². The number of aromatic nitrogens is 1. The van der Waals surface area contributed by atoms with Crippen molar-refractivity contribution in [3.05, 3.63) is 20.7 Å². The third-order valence-corrected chi connectivity index (χ3v) is 4.01. The van der Waals surface area contributed by atoms with Crippen molar-refractivity contribution >= 4 is 11.3 Å². The molecule has 1 fully saturated rings. The molecular formula is C10H17N3OS. The van der Waals surface area contributed by atoms with Gasteiger partial charge in [-0.1, -0.05) is 11.3 Å². The second-order valence-corrected chi connectivity index (χ2v) is 4.83. The van der Waals surface area contributed by atoms with E-state index >= 15 is 0 Å². The van der Waals surface area contributed by atoms with Gasteiger partial charge in [0.1, 0.15) is 0 Å². The molecule has 4 nitrogen and oxygen atoms in total. The van der Waals surface area contributed by atoms with Gasteiger partial charge in [-0.05, 0) is 13.3 Å². The van der Waals surface area contributed by atoms with Crippen LogP contribution in [0, 0.1) is 6.92 Å². The molecule has 0 radical (unpaired) electrons. The Hall–Kier alpha value is -0.650. The maximum atomic E-state index is 11.4. The lowest BCUT2D eigenvalue weighted by molar-refractivity contribution is 0.0920. The van der Waals surface area contributed by atoms with Crippen molar-refractivity contribution in [3.8, 4) is 0 Å². The number of nitrogens with two attached hydrogens (primary N) is 1. The minimum absolute atomic E-state index is 0.150. The third-order valence-electron chi connectivity index (χ3n) is 3.13. The van der Waals surface area contributed by atoms with E-state index in [4.69, 9.17) is 5.73 Å². The van der Waals surface area contributed by atoms with Crippen molar-refractivity contribution in [2.24, 2.45) is 5.73 Å². The van der Waals surface area contributed by atoms with Gasteiger partial charge in [0.05, 0.1) is 0 Å². The summed E-state index contributed by atoms with van der Waals surface area (Å²) in [5.41, 5.74) is 6.69. The van der Waals surface area contributed by atoms with E-state index in [1.807, 2.05) is 16.9 Å². The van der Waals surface area contributed by atoms with Crippen LogP contribution < -0.4 is 10.6 Å². The lowest BCUT2D eigenvalue weighted by Crippen LogP contribution is -2.52. The fraction of sp³-hybridized carbons (Fsp3) is 0.700. The van der Waals surface area contributed by atoms with Gasteiger partial charge >= 0.3 is 4.87 Å². The summed E-state index contributed by atoms with van der Waals surface area (Å²) in [6, 6.07) is 0.541. The Morgan fingerprint density at radius 2 is 2.40 bits per heavy atom. The van der Waals surface area contributed by atoms with E-state index in [1.165, 1.54) is 17.8 Å². The molecule has 1 atom stereocenters. The molecule has 1 aliphatic rings. The van der Waals surface area contributed by atoms with Gasteiger partial charge in [0.25, 0.3) is 0 Å². The number of likely N-dealkylation sites (tertiary alicyclic amines) is 1. The molecule has 0 spiro atoms. The molecule has 1 aromatic rings. The summed E-state index contributed by atoms with van der Waals surface area (Å²) in [7, 11) is 0. The highest BCUT2D eigenvalue weighted by Gasteiger charge is 2.25. The largest absolute Gasteiger partial charge is 0.329 e. The van der Waals surface area contributed by atoms with Gasteiger partial charge in [0.15, 0.2) is 0 Å². The van der Waals surface area contributed by atoms with Gasteiger partial charge < -0.3 is 10.3 Å². The van der Waals surface area contributed by atoms with Crippen LogP contribution in [0.15, 0.2) is 10.2 Å². The number of hydrogen-bond donors (Lipinski definition) is 1. The zero-order valence-corrected chi connectivity index (χ0v) is 9.80. The SMILES string of the molecule is Cc1csc(=O)n1CCN1CCC1CN. The van der Waals surface area contributed by atoms with E-state index in [-0.39, 0.29) is 4.87 Å². The number of hydrogen-bond acceptors (Lipinski definition) is 4. The van der Waals surface area contributed by atoms with E-state index in [9.17, 15) is 4.79 Å². The summed E-state index contributed by atoms with van der Waals surface area (Å²) in [4.78, 5) is 13.9. The zero-order valence-electron chi connectivity index (χ0n) is 8.98. The van der Waals surface area contributed by atoms with Crippen molar-refractivity contribution in [2.45, 2.75) is 25.9 Å². The molecule has 2 heterocycles. The minimum Gasteiger partial charge on any atom is -0.329 e. The van der Waals surface area contributed by atoms with Crippen LogP contribution in [0.1, 0.15) is 12.1 Å². The average Bonchev–Trinajstić information content (AvgIpc) is 2.48. The Bertz CT molecular complexity index is 382. The Balaban J connectivity index is 1.91. The normalized spacial score (nSPS) is 21.6. The molecule has 0 saturated carbocycles. The predicted octanol–water partition coefficient (Wildman–Crippen LogP) is 0.251. The van der Waals surface area contributed by atoms with E-state index in [0.29, 0.717) is 6.04 Å². The molecule has 1 aliphatic heterocycles. The van der Waals surface area contributed by atoms with Crippen LogP contribution in [-0.4, -0.2) is 35.1 Å². The molecule has 0 aliphatic carbocycles. The summed E-state index contributed by atoms with van der Waals surface area (Å²) in [5.74, 6) is 0. The van der Waals surface area contributed by atoms with Crippen LogP contribution in [0.4, 0.5) is 0 Å². The number of nitrogens with zero attached hydrogens (tertiary/aromatic N) is 2. The molecule has 5 heteroatoms. The van der Waals surface area contributed by atoms with Crippen LogP contribution in [-0.2, 0) is 6.54 Å². The monoisotopic (exact) mass is 227 g/mol. The maximum Gasteiger partial charge on any atom is 0.307 e. The summed E-state index contributed by atoms with van der Waals surface area (Å²) in [6.07, 6.45) is 1.20.